The Morgan fingerprint density at radius 1 is 1.57 bits per heavy atom. The van der Waals surface area contributed by atoms with Gasteiger partial charge in [-0.2, -0.15) is 4.98 Å². The number of hydrogen-bond acceptors (Lipinski definition) is 9. The topological polar surface area (TPSA) is 135 Å². The van der Waals surface area contributed by atoms with Crippen molar-refractivity contribution in [3.05, 3.63) is 22.7 Å². The van der Waals surface area contributed by atoms with Crippen LogP contribution in [-0.4, -0.2) is 45.7 Å². The molecule has 0 saturated carbocycles. The average Bonchev–Trinajstić information content (AvgIpc) is 2.75. The van der Waals surface area contributed by atoms with Crippen LogP contribution >= 0.6 is 7.82 Å². The van der Waals surface area contributed by atoms with E-state index < -0.39 is 38.1 Å². The van der Waals surface area contributed by atoms with E-state index in [1.54, 1.807) is 13.8 Å². The van der Waals surface area contributed by atoms with E-state index in [0.29, 0.717) is 0 Å². The highest BCUT2D eigenvalue weighted by Crippen LogP contribution is 2.57. The second-order valence-corrected chi connectivity index (χ2v) is 7.14. The molecule has 5 atom stereocenters. The Hall–Kier alpha value is -1.29. The third-order valence-electron chi connectivity index (χ3n) is 3.42. The van der Waals surface area contributed by atoms with Crippen molar-refractivity contribution in [1.82, 2.24) is 9.55 Å². The zero-order valence-corrected chi connectivity index (χ0v) is 13.5. The van der Waals surface area contributed by atoms with Crippen LogP contribution in [0.3, 0.4) is 0 Å². The predicted octanol–water partition coefficient (Wildman–Crippen LogP) is 0.0323. The fourth-order valence-corrected chi connectivity index (χ4v) is 4.07. The van der Waals surface area contributed by atoms with Crippen LogP contribution in [0.1, 0.15) is 20.1 Å². The molecule has 2 unspecified atom stereocenters. The van der Waals surface area contributed by atoms with Crippen molar-refractivity contribution in [2.24, 2.45) is 0 Å². The molecule has 10 nitrogen and oxygen atoms in total. The van der Waals surface area contributed by atoms with E-state index in [2.05, 4.69) is 4.98 Å². The largest absolute Gasteiger partial charge is 0.475 e. The van der Waals surface area contributed by atoms with Gasteiger partial charge in [-0.1, -0.05) is 0 Å². The minimum Gasteiger partial charge on any atom is -0.386 e. The van der Waals surface area contributed by atoms with E-state index >= 15 is 0 Å². The summed E-state index contributed by atoms with van der Waals surface area (Å²) in [6, 6.07) is 1.41. The molecule has 2 saturated heterocycles. The molecule has 128 valence electrons. The first-order valence-electron chi connectivity index (χ1n) is 7.08. The van der Waals surface area contributed by atoms with E-state index in [1.165, 1.54) is 12.3 Å². The molecule has 3 N–H and O–H groups in total. The van der Waals surface area contributed by atoms with Crippen LogP contribution in [0.25, 0.3) is 0 Å². The highest BCUT2D eigenvalue weighted by Gasteiger charge is 2.53. The number of nitrogens with zero attached hydrogens (tertiary/aromatic N) is 2. The molecule has 23 heavy (non-hydrogen) atoms. The number of nitrogen functional groups attached to an aromatic ring is 1. The van der Waals surface area contributed by atoms with Crippen LogP contribution in [-0.2, 0) is 22.9 Å². The number of nitrogens with two attached hydrogens (primary N) is 1. The molecule has 2 aliphatic heterocycles. The summed E-state index contributed by atoms with van der Waals surface area (Å²) >= 11 is 0. The lowest BCUT2D eigenvalue weighted by Gasteiger charge is -2.31. The number of aromatic nitrogens is 2. The van der Waals surface area contributed by atoms with Crippen molar-refractivity contribution in [2.75, 3.05) is 12.3 Å². The summed E-state index contributed by atoms with van der Waals surface area (Å²) in [6.45, 7) is 3.28. The molecule has 1 aromatic rings. The van der Waals surface area contributed by atoms with Crippen molar-refractivity contribution in [3.63, 3.8) is 0 Å². The molecule has 11 heteroatoms. The summed E-state index contributed by atoms with van der Waals surface area (Å²) in [5, 5.41) is 10.4. The smallest absolute Gasteiger partial charge is 0.386 e. The number of aliphatic hydroxyl groups excluding tert-OH is 1. The SMILES string of the molecule is CC(C)OP1(=O)OCC2O[C@@H](n3ccc(N)nc3=O)[C@@H](O)[C@@H]2O1. The molecule has 0 amide bonds. The van der Waals surface area contributed by atoms with Crippen LogP contribution in [0, 0.1) is 0 Å². The zero-order valence-electron chi connectivity index (χ0n) is 12.6. The van der Waals surface area contributed by atoms with Crippen molar-refractivity contribution in [3.8, 4) is 0 Å². The Morgan fingerprint density at radius 3 is 2.96 bits per heavy atom. The van der Waals surface area contributed by atoms with Gasteiger partial charge in [0.2, 0.25) is 0 Å². The van der Waals surface area contributed by atoms with Crippen LogP contribution < -0.4 is 11.4 Å². The fraction of sp³-hybridized carbons (Fsp3) is 0.667. The van der Waals surface area contributed by atoms with Gasteiger partial charge in [0, 0.05) is 6.20 Å². The molecule has 3 rings (SSSR count). The third-order valence-corrected chi connectivity index (χ3v) is 5.07. The molecule has 2 aliphatic rings. The number of anilines is 1. The van der Waals surface area contributed by atoms with Gasteiger partial charge in [-0.05, 0) is 19.9 Å². The average molecular weight is 347 g/mol. The standard InChI is InChI=1S/C12H18N3O7P/c1-6(2)21-23(18)19-5-7-10(22-23)9(16)11(20-7)15-4-3-8(13)14-12(15)17/h3-4,6-7,9-11,16H,5H2,1-2H3,(H2,13,14,17)/t7?,9-,10+,11+,23?/m0/s1. The van der Waals surface area contributed by atoms with Gasteiger partial charge < -0.3 is 15.6 Å². The Labute approximate surface area is 131 Å². The predicted molar refractivity (Wildman–Crippen MR) is 77.5 cm³/mol. The van der Waals surface area contributed by atoms with E-state index in [1.807, 2.05) is 0 Å². The maximum absolute atomic E-state index is 12.4. The van der Waals surface area contributed by atoms with Gasteiger partial charge in [0.05, 0.1) is 12.7 Å². The monoisotopic (exact) mass is 347 g/mol. The summed E-state index contributed by atoms with van der Waals surface area (Å²) in [5.74, 6) is 0.0607. The molecule has 0 radical (unpaired) electrons. The number of phosphoric ester groups is 1. The Balaban J connectivity index is 1.82. The lowest BCUT2D eigenvalue weighted by atomic mass is 10.1. The van der Waals surface area contributed by atoms with Crippen molar-refractivity contribution < 1.29 is 28.0 Å². The highest BCUT2D eigenvalue weighted by atomic mass is 31.2. The molecule has 0 aromatic carbocycles. The zero-order chi connectivity index (χ0) is 16.8. The van der Waals surface area contributed by atoms with Gasteiger partial charge >= 0.3 is 13.5 Å². The number of fused-ring (bicyclic) bond motifs is 1. The van der Waals surface area contributed by atoms with Crippen LogP contribution in [0.4, 0.5) is 5.82 Å². The molecule has 0 aliphatic carbocycles. The molecule has 0 spiro atoms. The number of hydrogen-bond donors (Lipinski definition) is 2. The second-order valence-electron chi connectivity index (χ2n) is 5.57. The number of aliphatic hydroxyl groups is 1. The second kappa shape index (κ2) is 5.97. The molecule has 1 aromatic heterocycles. The Bertz CT molecular complexity index is 693. The minimum absolute atomic E-state index is 0.0607. The first kappa shape index (κ1) is 16.6. The van der Waals surface area contributed by atoms with Gasteiger partial charge in [-0.15, -0.1) is 0 Å². The van der Waals surface area contributed by atoms with Gasteiger partial charge in [0.1, 0.15) is 24.1 Å². The molecular weight excluding hydrogens is 329 g/mol. The Kier molecular flexibility index (Phi) is 4.30. The summed E-state index contributed by atoms with van der Waals surface area (Å²) < 4.78 is 34.6. The van der Waals surface area contributed by atoms with E-state index in [4.69, 9.17) is 24.0 Å². The van der Waals surface area contributed by atoms with E-state index in [9.17, 15) is 14.5 Å². The number of ether oxygens (including phenoxy) is 1. The Morgan fingerprint density at radius 2 is 2.30 bits per heavy atom. The van der Waals surface area contributed by atoms with Crippen LogP contribution in [0.2, 0.25) is 0 Å². The lowest BCUT2D eigenvalue weighted by Crippen LogP contribution is -2.40. The maximum atomic E-state index is 12.4. The van der Waals surface area contributed by atoms with E-state index in [0.717, 1.165) is 4.57 Å². The maximum Gasteiger partial charge on any atom is 0.475 e. The number of phosphoric acid groups is 1. The van der Waals surface area contributed by atoms with Crippen molar-refractivity contribution in [1.29, 1.82) is 0 Å². The van der Waals surface area contributed by atoms with Gasteiger partial charge in [-0.3, -0.25) is 18.1 Å². The van der Waals surface area contributed by atoms with E-state index in [-0.39, 0.29) is 18.5 Å². The molecule has 3 heterocycles. The summed E-state index contributed by atoms with van der Waals surface area (Å²) in [6.07, 6.45) is -2.92. The molecule has 0 bridgehead atoms. The normalized spacial score (nSPS) is 37.0. The first-order valence-corrected chi connectivity index (χ1v) is 8.55. The van der Waals surface area contributed by atoms with Gasteiger partial charge in [0.25, 0.3) is 0 Å². The van der Waals surface area contributed by atoms with Crippen molar-refractivity contribution in [2.45, 2.75) is 44.5 Å². The molecular formula is C12H18N3O7P. The first-order chi connectivity index (χ1) is 10.8. The summed E-state index contributed by atoms with van der Waals surface area (Å²) in [7, 11) is -3.78. The highest BCUT2D eigenvalue weighted by molar-refractivity contribution is 7.48. The quantitative estimate of drug-likeness (QED) is 0.726. The minimum atomic E-state index is -3.78. The van der Waals surface area contributed by atoms with Crippen molar-refractivity contribution >= 4 is 13.6 Å². The number of rotatable bonds is 3. The van der Waals surface area contributed by atoms with Crippen LogP contribution in [0.5, 0.6) is 0 Å². The van der Waals surface area contributed by atoms with Crippen LogP contribution in [0.15, 0.2) is 17.1 Å². The fourth-order valence-electron chi connectivity index (χ4n) is 2.49. The van der Waals surface area contributed by atoms with Gasteiger partial charge in [0.15, 0.2) is 6.23 Å². The lowest BCUT2D eigenvalue weighted by molar-refractivity contribution is -0.0748. The third kappa shape index (κ3) is 3.18. The summed E-state index contributed by atoms with van der Waals surface area (Å²) in [5.41, 5.74) is 4.76. The van der Waals surface area contributed by atoms with Gasteiger partial charge in [-0.25, -0.2) is 9.36 Å². The summed E-state index contributed by atoms with van der Waals surface area (Å²) in [4.78, 5) is 15.5. The molecule has 2 fully saturated rings.